The minimum Gasteiger partial charge on any atom is -0.335 e. The number of hydrogen-bond donors (Lipinski definition) is 1. The minimum atomic E-state index is -3.56. The number of H-pyrrole nitrogens is 1. The first kappa shape index (κ1) is 13.3. The Bertz CT molecular complexity index is 684. The summed E-state index contributed by atoms with van der Waals surface area (Å²) in [5.41, 5.74) is 1.35. The molecule has 0 fully saturated rings. The molecule has 1 aromatic heterocycles. The Morgan fingerprint density at radius 1 is 1.37 bits per heavy atom. The zero-order chi connectivity index (χ0) is 13.9. The molecule has 0 saturated heterocycles. The third kappa shape index (κ3) is 2.81. The fraction of sp³-hybridized carbons (Fsp3) is 0.167. The lowest BCUT2D eigenvalue weighted by atomic mass is 10.1. The highest BCUT2D eigenvalue weighted by Crippen LogP contribution is 2.14. The quantitative estimate of drug-likeness (QED) is 0.905. The molecule has 1 N–H and O–H groups in total. The van der Waals surface area contributed by atoms with Crippen molar-refractivity contribution in [3.05, 3.63) is 47.9 Å². The number of nitriles is 1. The first-order chi connectivity index (χ1) is 9.04. The minimum absolute atomic E-state index is 0.0589. The van der Waals surface area contributed by atoms with Gasteiger partial charge in [-0.3, -0.25) is 0 Å². The highest BCUT2D eigenvalue weighted by Gasteiger charge is 2.22. The topological polar surface area (TPSA) is 89.8 Å². The first-order valence-electron chi connectivity index (χ1n) is 5.48. The average molecular weight is 276 g/mol. The molecule has 7 heteroatoms. The fourth-order valence-electron chi connectivity index (χ4n) is 1.58. The summed E-state index contributed by atoms with van der Waals surface area (Å²) in [6.07, 6.45) is 2.59. The second-order valence-electron chi connectivity index (χ2n) is 3.99. The van der Waals surface area contributed by atoms with Crippen LogP contribution in [0.25, 0.3) is 0 Å². The Morgan fingerprint density at radius 2 is 2.05 bits per heavy atom. The zero-order valence-electron chi connectivity index (χ0n) is 10.2. The van der Waals surface area contributed by atoms with E-state index in [0.29, 0.717) is 5.56 Å². The van der Waals surface area contributed by atoms with Crippen LogP contribution >= 0.6 is 0 Å². The van der Waals surface area contributed by atoms with Crippen LogP contribution < -0.4 is 0 Å². The van der Waals surface area contributed by atoms with Gasteiger partial charge in [0.1, 0.15) is 0 Å². The van der Waals surface area contributed by atoms with Crippen molar-refractivity contribution in [3.63, 3.8) is 0 Å². The van der Waals surface area contributed by atoms with E-state index < -0.39 is 10.0 Å². The summed E-state index contributed by atoms with van der Waals surface area (Å²) in [6.45, 7) is 0.229. The smallest absolute Gasteiger partial charge is 0.260 e. The van der Waals surface area contributed by atoms with Crippen molar-refractivity contribution >= 4 is 10.0 Å². The molecule has 0 unspecified atom stereocenters. The van der Waals surface area contributed by atoms with Crippen LogP contribution in [0.3, 0.4) is 0 Å². The molecule has 98 valence electrons. The molecule has 6 nitrogen and oxygen atoms in total. The van der Waals surface area contributed by atoms with Crippen LogP contribution in [0.2, 0.25) is 0 Å². The Hall–Kier alpha value is -2.17. The molecular formula is C12H12N4O2S. The number of hydrogen-bond acceptors (Lipinski definition) is 4. The van der Waals surface area contributed by atoms with Crippen molar-refractivity contribution in [2.45, 2.75) is 11.6 Å². The van der Waals surface area contributed by atoms with Crippen LogP contribution in [-0.2, 0) is 16.6 Å². The summed E-state index contributed by atoms with van der Waals surface area (Å²) in [6, 6.07) is 8.80. The monoisotopic (exact) mass is 276 g/mol. The summed E-state index contributed by atoms with van der Waals surface area (Å²) in [4.78, 5) is 6.28. The largest absolute Gasteiger partial charge is 0.335 e. The van der Waals surface area contributed by atoms with Gasteiger partial charge in [-0.2, -0.15) is 9.57 Å². The van der Waals surface area contributed by atoms with Crippen LogP contribution in [0.1, 0.15) is 11.1 Å². The van der Waals surface area contributed by atoms with Crippen molar-refractivity contribution in [1.82, 2.24) is 14.3 Å². The van der Waals surface area contributed by atoms with Gasteiger partial charge in [-0.1, -0.05) is 12.1 Å². The van der Waals surface area contributed by atoms with E-state index in [4.69, 9.17) is 5.26 Å². The number of nitrogens with zero attached hydrogens (tertiary/aromatic N) is 3. The Morgan fingerprint density at radius 3 is 2.58 bits per heavy atom. The maximum absolute atomic E-state index is 12.1. The van der Waals surface area contributed by atoms with Crippen molar-refractivity contribution < 1.29 is 8.42 Å². The maximum Gasteiger partial charge on any atom is 0.260 e. The predicted octanol–water partition coefficient (Wildman–Crippen LogP) is 1.10. The van der Waals surface area contributed by atoms with Gasteiger partial charge in [-0.25, -0.2) is 13.4 Å². The molecule has 0 atom stereocenters. The normalized spacial score (nSPS) is 11.4. The second-order valence-corrected chi connectivity index (χ2v) is 6.00. The molecule has 1 heterocycles. The molecule has 0 aliphatic heterocycles. The number of aromatic nitrogens is 2. The van der Waals surface area contributed by atoms with E-state index in [2.05, 4.69) is 9.97 Å². The van der Waals surface area contributed by atoms with Gasteiger partial charge in [0.05, 0.1) is 24.2 Å². The van der Waals surface area contributed by atoms with Gasteiger partial charge in [-0.15, -0.1) is 0 Å². The SMILES string of the molecule is CN(Cc1ccc(C#N)cc1)S(=O)(=O)c1cnc[nH]1. The number of sulfonamides is 1. The third-order valence-electron chi connectivity index (χ3n) is 2.65. The lowest BCUT2D eigenvalue weighted by Gasteiger charge is -2.15. The van der Waals surface area contributed by atoms with Gasteiger partial charge in [0.15, 0.2) is 5.03 Å². The molecule has 0 aliphatic carbocycles. The van der Waals surface area contributed by atoms with Crippen LogP contribution in [0.5, 0.6) is 0 Å². The molecule has 0 spiro atoms. The Labute approximate surface area is 111 Å². The molecular weight excluding hydrogens is 264 g/mol. The van der Waals surface area contributed by atoms with Crippen molar-refractivity contribution in [2.24, 2.45) is 0 Å². The fourth-order valence-corrected chi connectivity index (χ4v) is 2.63. The maximum atomic E-state index is 12.1. The summed E-state index contributed by atoms with van der Waals surface area (Å²) in [7, 11) is -2.06. The van der Waals surface area contributed by atoms with Crippen LogP contribution in [0, 0.1) is 11.3 Å². The Balaban J connectivity index is 2.17. The van der Waals surface area contributed by atoms with Crippen LogP contribution in [0.15, 0.2) is 41.8 Å². The summed E-state index contributed by atoms with van der Waals surface area (Å²) in [5, 5.41) is 8.76. The molecule has 2 rings (SSSR count). The van der Waals surface area contributed by atoms with Gasteiger partial charge in [0.25, 0.3) is 10.0 Å². The molecule has 2 aromatic rings. The summed E-state index contributed by atoms with van der Waals surface area (Å²) < 4.78 is 25.5. The van der Waals surface area contributed by atoms with Crippen LogP contribution in [-0.4, -0.2) is 29.7 Å². The molecule has 0 aliphatic rings. The van der Waals surface area contributed by atoms with E-state index in [0.717, 1.165) is 5.56 Å². The van der Waals surface area contributed by atoms with Gasteiger partial charge < -0.3 is 4.98 Å². The van der Waals surface area contributed by atoms with Crippen molar-refractivity contribution in [2.75, 3.05) is 7.05 Å². The van der Waals surface area contributed by atoms with Gasteiger partial charge >= 0.3 is 0 Å². The van der Waals surface area contributed by atoms with Crippen LogP contribution in [0.4, 0.5) is 0 Å². The third-order valence-corrected chi connectivity index (χ3v) is 4.38. The number of rotatable bonds is 4. The van der Waals surface area contributed by atoms with E-state index in [-0.39, 0.29) is 11.6 Å². The molecule has 0 radical (unpaired) electrons. The zero-order valence-corrected chi connectivity index (χ0v) is 11.1. The van der Waals surface area contributed by atoms with Gasteiger partial charge in [-0.05, 0) is 17.7 Å². The lowest BCUT2D eigenvalue weighted by Crippen LogP contribution is -2.26. The Kier molecular flexibility index (Phi) is 3.64. The predicted molar refractivity (Wildman–Crippen MR) is 68.4 cm³/mol. The molecule has 0 saturated carbocycles. The number of nitrogens with one attached hydrogen (secondary N) is 1. The highest BCUT2D eigenvalue weighted by molar-refractivity contribution is 7.89. The van der Waals surface area contributed by atoms with Gasteiger partial charge in [0.2, 0.25) is 0 Å². The number of imidazole rings is 1. The average Bonchev–Trinajstić information content (AvgIpc) is 2.94. The number of benzene rings is 1. The molecule has 0 amide bonds. The van der Waals surface area contributed by atoms with Crippen molar-refractivity contribution in [3.8, 4) is 6.07 Å². The first-order valence-corrected chi connectivity index (χ1v) is 6.92. The van der Waals surface area contributed by atoms with Gasteiger partial charge in [0, 0.05) is 13.6 Å². The molecule has 19 heavy (non-hydrogen) atoms. The lowest BCUT2D eigenvalue weighted by molar-refractivity contribution is 0.464. The van der Waals surface area contributed by atoms with E-state index in [1.165, 1.54) is 23.9 Å². The standard InChI is InChI=1S/C12H12N4O2S/c1-16(19(17,18)12-7-14-9-15-12)8-11-4-2-10(6-13)3-5-11/h2-5,7,9H,8H2,1H3,(H,14,15). The van der Waals surface area contributed by atoms with E-state index in [1.54, 1.807) is 24.3 Å². The molecule has 1 aromatic carbocycles. The number of aromatic amines is 1. The van der Waals surface area contributed by atoms with E-state index >= 15 is 0 Å². The highest BCUT2D eigenvalue weighted by atomic mass is 32.2. The summed E-state index contributed by atoms with van der Waals surface area (Å²) in [5.74, 6) is 0. The summed E-state index contributed by atoms with van der Waals surface area (Å²) >= 11 is 0. The van der Waals surface area contributed by atoms with Crippen molar-refractivity contribution in [1.29, 1.82) is 5.26 Å². The van der Waals surface area contributed by atoms with E-state index in [1.807, 2.05) is 6.07 Å². The van der Waals surface area contributed by atoms with E-state index in [9.17, 15) is 8.42 Å². The second kappa shape index (κ2) is 5.22. The molecule has 0 bridgehead atoms.